The van der Waals surface area contributed by atoms with E-state index in [1.54, 1.807) is 29.6 Å². The van der Waals surface area contributed by atoms with Gasteiger partial charge in [0.2, 0.25) is 9.84 Å². The van der Waals surface area contributed by atoms with Gasteiger partial charge in [0.1, 0.15) is 0 Å². The van der Waals surface area contributed by atoms with Crippen molar-refractivity contribution in [3.63, 3.8) is 0 Å². The van der Waals surface area contributed by atoms with Gasteiger partial charge in [-0.15, -0.1) is 11.3 Å². The molecule has 0 aliphatic carbocycles. The number of benzene rings is 1. The molecular formula is C15H17ClO2S2. The van der Waals surface area contributed by atoms with Crippen molar-refractivity contribution in [1.82, 2.24) is 0 Å². The second-order valence-corrected chi connectivity index (χ2v) is 9.00. The maximum absolute atomic E-state index is 12.7. The first-order chi connectivity index (χ1) is 9.14. The van der Waals surface area contributed by atoms with Crippen LogP contribution in [0.15, 0.2) is 39.4 Å². The molecule has 0 unspecified atom stereocenters. The average Bonchev–Trinajstić information content (AvgIpc) is 2.72. The zero-order chi connectivity index (χ0) is 15.1. The van der Waals surface area contributed by atoms with E-state index in [4.69, 9.17) is 11.6 Å². The van der Waals surface area contributed by atoms with Gasteiger partial charge in [-0.2, -0.15) is 0 Å². The maximum Gasteiger partial charge on any atom is 0.207 e. The van der Waals surface area contributed by atoms with Crippen LogP contribution in [0.1, 0.15) is 31.2 Å². The lowest BCUT2D eigenvalue weighted by atomic mass is 9.92. The molecule has 0 saturated heterocycles. The van der Waals surface area contributed by atoms with Crippen LogP contribution < -0.4 is 0 Å². The number of halogens is 1. The molecule has 0 radical (unpaired) electrons. The van der Waals surface area contributed by atoms with E-state index in [1.165, 1.54) is 11.3 Å². The molecule has 0 aliphatic heterocycles. The second-order valence-electron chi connectivity index (χ2n) is 5.76. The zero-order valence-corrected chi connectivity index (χ0v) is 14.3. The van der Waals surface area contributed by atoms with E-state index in [0.29, 0.717) is 9.92 Å². The summed E-state index contributed by atoms with van der Waals surface area (Å²) < 4.78 is 25.3. The number of rotatable bonds is 2. The molecule has 2 nitrogen and oxygen atoms in total. The Morgan fingerprint density at radius 2 is 1.65 bits per heavy atom. The molecule has 20 heavy (non-hydrogen) atoms. The molecule has 2 aromatic rings. The number of hydrogen-bond acceptors (Lipinski definition) is 3. The van der Waals surface area contributed by atoms with Crippen LogP contribution in [-0.4, -0.2) is 8.42 Å². The molecule has 2 rings (SSSR count). The Labute approximate surface area is 129 Å². The summed E-state index contributed by atoms with van der Waals surface area (Å²) in [6, 6.07) is 6.29. The summed E-state index contributed by atoms with van der Waals surface area (Å²) >= 11 is 7.31. The molecular weight excluding hydrogens is 312 g/mol. The van der Waals surface area contributed by atoms with Gasteiger partial charge in [0.05, 0.1) is 9.79 Å². The molecule has 0 saturated carbocycles. The summed E-state index contributed by atoms with van der Waals surface area (Å²) in [5.41, 5.74) is 0.792. The molecule has 1 aromatic carbocycles. The predicted molar refractivity (Wildman–Crippen MR) is 84.7 cm³/mol. The van der Waals surface area contributed by atoms with E-state index in [2.05, 4.69) is 20.8 Å². The van der Waals surface area contributed by atoms with Gasteiger partial charge in [0.15, 0.2) is 0 Å². The summed E-state index contributed by atoms with van der Waals surface area (Å²) in [6.07, 6.45) is 0. The number of hydrogen-bond donors (Lipinski definition) is 0. The van der Waals surface area contributed by atoms with Gasteiger partial charge in [-0.05, 0) is 42.2 Å². The first kappa shape index (κ1) is 15.5. The van der Waals surface area contributed by atoms with Crippen LogP contribution >= 0.6 is 22.9 Å². The molecule has 0 atom stereocenters. The molecule has 108 valence electrons. The van der Waals surface area contributed by atoms with Crippen LogP contribution in [0.5, 0.6) is 0 Å². The van der Waals surface area contributed by atoms with E-state index in [-0.39, 0.29) is 10.3 Å². The molecule has 0 fully saturated rings. The molecule has 0 aliphatic rings. The van der Waals surface area contributed by atoms with E-state index in [0.717, 1.165) is 10.4 Å². The standard InChI is InChI=1S/C15H17ClO2S2/c1-10-13(9-19-14(10)15(2,3)4)20(17,18)12-7-5-11(16)6-8-12/h5-9H,1-4H3. The van der Waals surface area contributed by atoms with Crippen molar-refractivity contribution < 1.29 is 8.42 Å². The van der Waals surface area contributed by atoms with E-state index >= 15 is 0 Å². The van der Waals surface area contributed by atoms with Gasteiger partial charge in [0.25, 0.3) is 0 Å². The van der Waals surface area contributed by atoms with Crippen LogP contribution in [0.4, 0.5) is 0 Å². The maximum atomic E-state index is 12.7. The molecule has 0 bridgehead atoms. The summed E-state index contributed by atoms with van der Waals surface area (Å²) in [7, 11) is -3.47. The highest BCUT2D eigenvalue weighted by molar-refractivity contribution is 7.91. The first-order valence-corrected chi connectivity index (χ1v) is 8.97. The van der Waals surface area contributed by atoms with E-state index < -0.39 is 9.84 Å². The van der Waals surface area contributed by atoms with Crippen molar-refractivity contribution in [2.24, 2.45) is 0 Å². The molecule has 1 heterocycles. The first-order valence-electron chi connectivity index (χ1n) is 6.23. The Morgan fingerprint density at radius 1 is 1.10 bits per heavy atom. The van der Waals surface area contributed by atoms with Gasteiger partial charge in [-0.25, -0.2) is 8.42 Å². The van der Waals surface area contributed by atoms with Crippen LogP contribution in [0.25, 0.3) is 0 Å². The molecule has 5 heteroatoms. The Kier molecular flexibility index (Phi) is 4.02. The van der Waals surface area contributed by atoms with E-state index in [1.807, 2.05) is 6.92 Å². The van der Waals surface area contributed by atoms with Crippen molar-refractivity contribution in [3.05, 3.63) is 45.1 Å². The largest absolute Gasteiger partial charge is 0.218 e. The van der Waals surface area contributed by atoms with Crippen LogP contribution in [-0.2, 0) is 15.3 Å². The smallest absolute Gasteiger partial charge is 0.207 e. The van der Waals surface area contributed by atoms with Gasteiger partial charge < -0.3 is 0 Å². The fourth-order valence-electron chi connectivity index (χ4n) is 2.15. The van der Waals surface area contributed by atoms with Crippen molar-refractivity contribution in [3.8, 4) is 0 Å². The normalized spacial score (nSPS) is 12.7. The highest BCUT2D eigenvalue weighted by atomic mass is 35.5. The van der Waals surface area contributed by atoms with Crippen LogP contribution in [0.3, 0.4) is 0 Å². The SMILES string of the molecule is Cc1c(S(=O)(=O)c2ccc(Cl)cc2)csc1C(C)(C)C. The summed E-state index contributed by atoms with van der Waals surface area (Å²) in [4.78, 5) is 1.78. The van der Waals surface area contributed by atoms with Crippen LogP contribution in [0.2, 0.25) is 5.02 Å². The van der Waals surface area contributed by atoms with Crippen molar-refractivity contribution in [2.75, 3.05) is 0 Å². The zero-order valence-electron chi connectivity index (χ0n) is 11.9. The molecule has 0 N–H and O–H groups in total. The van der Waals surface area contributed by atoms with Crippen molar-refractivity contribution in [1.29, 1.82) is 0 Å². The lowest BCUT2D eigenvalue weighted by Gasteiger charge is -2.18. The predicted octanol–water partition coefficient (Wildman–Crippen LogP) is 4.84. The second kappa shape index (κ2) is 5.17. The van der Waals surface area contributed by atoms with Gasteiger partial charge in [-0.1, -0.05) is 32.4 Å². The lowest BCUT2D eigenvalue weighted by molar-refractivity contribution is 0.590. The van der Waals surface area contributed by atoms with E-state index in [9.17, 15) is 8.42 Å². The minimum Gasteiger partial charge on any atom is -0.218 e. The number of thiophene rings is 1. The summed E-state index contributed by atoms with van der Waals surface area (Å²) in [6.45, 7) is 8.14. The highest BCUT2D eigenvalue weighted by Crippen LogP contribution is 2.37. The number of sulfone groups is 1. The third kappa shape index (κ3) is 2.78. The van der Waals surface area contributed by atoms with Crippen molar-refractivity contribution in [2.45, 2.75) is 42.9 Å². The monoisotopic (exact) mass is 328 g/mol. The summed E-state index contributed by atoms with van der Waals surface area (Å²) in [5.74, 6) is 0. The van der Waals surface area contributed by atoms with Gasteiger partial charge in [0, 0.05) is 15.3 Å². The minimum atomic E-state index is -3.47. The Hall–Kier alpha value is -0.840. The molecule has 0 amide bonds. The highest BCUT2D eigenvalue weighted by Gasteiger charge is 2.27. The quantitative estimate of drug-likeness (QED) is 0.790. The topological polar surface area (TPSA) is 34.1 Å². The van der Waals surface area contributed by atoms with Crippen molar-refractivity contribution >= 4 is 32.8 Å². The minimum absolute atomic E-state index is 0.0531. The molecule has 1 aromatic heterocycles. The van der Waals surface area contributed by atoms with Crippen LogP contribution in [0, 0.1) is 6.92 Å². The third-order valence-electron chi connectivity index (χ3n) is 3.09. The fraction of sp³-hybridized carbons (Fsp3) is 0.333. The van der Waals surface area contributed by atoms with Gasteiger partial charge >= 0.3 is 0 Å². The third-order valence-corrected chi connectivity index (χ3v) is 6.89. The van der Waals surface area contributed by atoms with Gasteiger partial charge in [-0.3, -0.25) is 0 Å². The summed E-state index contributed by atoms with van der Waals surface area (Å²) in [5, 5.41) is 2.27. The Morgan fingerprint density at radius 3 is 2.10 bits per heavy atom. The average molecular weight is 329 g/mol. The Balaban J connectivity index is 2.56. The fourth-order valence-corrected chi connectivity index (χ4v) is 5.28. The lowest BCUT2D eigenvalue weighted by Crippen LogP contribution is -2.11. The molecule has 0 spiro atoms. The Bertz CT molecular complexity index is 720.